The molecule has 1 fully saturated rings. The van der Waals surface area contributed by atoms with E-state index in [9.17, 15) is 4.79 Å². The van der Waals surface area contributed by atoms with E-state index in [0.717, 1.165) is 5.56 Å². The van der Waals surface area contributed by atoms with Crippen molar-refractivity contribution >= 4 is 5.91 Å². The Bertz CT molecular complexity index is 511. The minimum atomic E-state index is -0.0295. The molecule has 5 nitrogen and oxygen atoms in total. The van der Waals surface area contributed by atoms with Crippen molar-refractivity contribution in [1.29, 1.82) is 5.26 Å². The van der Waals surface area contributed by atoms with Gasteiger partial charge in [0, 0.05) is 13.1 Å². The normalized spacial score (nSPS) is 21.7. The predicted octanol–water partition coefficient (Wildman–Crippen LogP) is 1.77. The summed E-state index contributed by atoms with van der Waals surface area (Å²) in [4.78, 5) is 13.9. The highest BCUT2D eigenvalue weighted by Crippen LogP contribution is 2.14. The lowest BCUT2D eigenvalue weighted by atomic mass is 10.2. The molecule has 2 atom stereocenters. The fraction of sp³-hybridized carbons (Fsp3) is 0.500. The first-order valence-electron chi connectivity index (χ1n) is 7.10. The maximum atomic E-state index is 12.1. The fourth-order valence-corrected chi connectivity index (χ4v) is 2.41. The van der Waals surface area contributed by atoms with Crippen LogP contribution < -0.4 is 4.74 Å². The molecule has 0 saturated carbocycles. The summed E-state index contributed by atoms with van der Waals surface area (Å²) in [5.74, 6) is 0.609. The predicted molar refractivity (Wildman–Crippen MR) is 77.8 cm³/mol. The number of carbonyl (C=O) groups is 1. The van der Waals surface area contributed by atoms with E-state index in [4.69, 9.17) is 14.7 Å². The van der Waals surface area contributed by atoms with Crippen LogP contribution in [0, 0.1) is 11.3 Å². The van der Waals surface area contributed by atoms with Crippen molar-refractivity contribution in [3.8, 4) is 11.8 Å². The lowest BCUT2D eigenvalue weighted by Gasteiger charge is -2.35. The molecule has 5 heteroatoms. The molecule has 1 saturated heterocycles. The maximum Gasteiger partial charge on any atom is 0.260 e. The van der Waals surface area contributed by atoms with Gasteiger partial charge >= 0.3 is 0 Å². The van der Waals surface area contributed by atoms with E-state index in [0.29, 0.717) is 25.3 Å². The molecule has 0 aromatic heterocycles. The second-order valence-corrected chi connectivity index (χ2v) is 5.32. The quantitative estimate of drug-likeness (QED) is 0.847. The molecule has 0 radical (unpaired) electrons. The summed E-state index contributed by atoms with van der Waals surface area (Å²) >= 11 is 0. The molecular formula is C16H20N2O3. The lowest BCUT2D eigenvalue weighted by molar-refractivity contribution is -0.145. The number of benzene rings is 1. The molecule has 2 rings (SSSR count). The molecule has 1 heterocycles. The number of hydrogen-bond donors (Lipinski definition) is 0. The second-order valence-electron chi connectivity index (χ2n) is 5.32. The molecule has 1 amide bonds. The van der Waals surface area contributed by atoms with E-state index >= 15 is 0 Å². The first kappa shape index (κ1) is 15.3. The van der Waals surface area contributed by atoms with E-state index in [-0.39, 0.29) is 24.7 Å². The smallest absolute Gasteiger partial charge is 0.260 e. The van der Waals surface area contributed by atoms with E-state index < -0.39 is 0 Å². The van der Waals surface area contributed by atoms with E-state index in [1.807, 2.05) is 26.0 Å². The van der Waals surface area contributed by atoms with Gasteiger partial charge in [0.2, 0.25) is 0 Å². The standard InChI is InChI=1S/C16H20N2O3/c1-12-9-18(10-13(2)21-12)16(19)11-20-15-5-3-14(4-6-15)7-8-17/h3-6,12-13H,7,9-11H2,1-2H3. The molecule has 1 aromatic rings. The van der Waals surface area contributed by atoms with Crippen LogP contribution in [-0.2, 0) is 16.0 Å². The Balaban J connectivity index is 1.84. The van der Waals surface area contributed by atoms with Crippen molar-refractivity contribution in [3.05, 3.63) is 29.8 Å². The van der Waals surface area contributed by atoms with Crippen LogP contribution in [-0.4, -0.2) is 42.7 Å². The molecular weight excluding hydrogens is 268 g/mol. The van der Waals surface area contributed by atoms with E-state index in [1.54, 1.807) is 17.0 Å². The van der Waals surface area contributed by atoms with Crippen LogP contribution in [0.5, 0.6) is 5.75 Å². The van der Waals surface area contributed by atoms with Gasteiger partial charge in [0.1, 0.15) is 5.75 Å². The maximum absolute atomic E-state index is 12.1. The number of rotatable bonds is 4. The molecule has 0 aliphatic carbocycles. The van der Waals surface area contributed by atoms with Crippen LogP contribution in [0.1, 0.15) is 19.4 Å². The van der Waals surface area contributed by atoms with Crippen LogP contribution in [0.3, 0.4) is 0 Å². The Labute approximate surface area is 125 Å². The van der Waals surface area contributed by atoms with Crippen molar-refractivity contribution in [3.63, 3.8) is 0 Å². The minimum absolute atomic E-state index is 0.0248. The highest BCUT2D eigenvalue weighted by atomic mass is 16.5. The summed E-state index contributed by atoms with van der Waals surface area (Å²) in [5.41, 5.74) is 0.937. The van der Waals surface area contributed by atoms with Gasteiger partial charge in [0.15, 0.2) is 6.61 Å². The van der Waals surface area contributed by atoms with Gasteiger partial charge in [-0.3, -0.25) is 4.79 Å². The van der Waals surface area contributed by atoms with Crippen LogP contribution in [0.15, 0.2) is 24.3 Å². The van der Waals surface area contributed by atoms with Crippen LogP contribution >= 0.6 is 0 Å². The highest BCUT2D eigenvalue weighted by Gasteiger charge is 2.25. The fourth-order valence-electron chi connectivity index (χ4n) is 2.41. The van der Waals surface area contributed by atoms with Gasteiger partial charge in [0.25, 0.3) is 5.91 Å². The number of ether oxygens (including phenoxy) is 2. The van der Waals surface area contributed by atoms with Crippen LogP contribution in [0.2, 0.25) is 0 Å². The van der Waals surface area contributed by atoms with Crippen molar-refractivity contribution < 1.29 is 14.3 Å². The Morgan fingerprint density at radius 1 is 1.33 bits per heavy atom. The average Bonchev–Trinajstić information content (AvgIpc) is 2.45. The van der Waals surface area contributed by atoms with E-state index in [2.05, 4.69) is 6.07 Å². The number of hydrogen-bond acceptors (Lipinski definition) is 4. The van der Waals surface area contributed by atoms with Gasteiger partial charge in [-0.25, -0.2) is 0 Å². The van der Waals surface area contributed by atoms with Crippen LogP contribution in [0.4, 0.5) is 0 Å². The number of carbonyl (C=O) groups excluding carboxylic acids is 1. The largest absolute Gasteiger partial charge is 0.484 e. The third-order valence-electron chi connectivity index (χ3n) is 3.34. The summed E-state index contributed by atoms with van der Waals surface area (Å²) < 4.78 is 11.1. The topological polar surface area (TPSA) is 62.6 Å². The van der Waals surface area contributed by atoms with Crippen molar-refractivity contribution in [2.24, 2.45) is 0 Å². The minimum Gasteiger partial charge on any atom is -0.484 e. The zero-order valence-corrected chi connectivity index (χ0v) is 12.4. The molecule has 0 spiro atoms. The molecule has 0 N–H and O–H groups in total. The van der Waals surface area contributed by atoms with Crippen LogP contribution in [0.25, 0.3) is 0 Å². The Morgan fingerprint density at radius 3 is 2.52 bits per heavy atom. The van der Waals surface area contributed by atoms with E-state index in [1.165, 1.54) is 0 Å². The zero-order valence-electron chi connectivity index (χ0n) is 12.4. The molecule has 1 aliphatic heterocycles. The Kier molecular flexibility index (Phi) is 5.18. The first-order chi connectivity index (χ1) is 10.1. The van der Waals surface area contributed by atoms with Gasteiger partial charge in [0.05, 0.1) is 24.7 Å². The summed E-state index contributed by atoms with van der Waals surface area (Å²) in [7, 11) is 0. The number of morpholine rings is 1. The SMILES string of the molecule is CC1CN(C(=O)COc2ccc(CC#N)cc2)CC(C)O1. The van der Waals surface area contributed by atoms with Gasteiger partial charge in [-0.1, -0.05) is 12.1 Å². The lowest BCUT2D eigenvalue weighted by Crippen LogP contribution is -2.49. The van der Waals surface area contributed by atoms with Gasteiger partial charge in [-0.05, 0) is 31.5 Å². The second kappa shape index (κ2) is 7.09. The van der Waals surface area contributed by atoms with Crippen molar-refractivity contribution in [1.82, 2.24) is 4.90 Å². The summed E-state index contributed by atoms with van der Waals surface area (Å²) in [6.07, 6.45) is 0.494. The average molecular weight is 288 g/mol. The first-order valence-corrected chi connectivity index (χ1v) is 7.10. The third-order valence-corrected chi connectivity index (χ3v) is 3.34. The monoisotopic (exact) mass is 288 g/mol. The van der Waals surface area contributed by atoms with Gasteiger partial charge in [-0.15, -0.1) is 0 Å². The Hall–Kier alpha value is -2.06. The third kappa shape index (κ3) is 4.47. The molecule has 1 aliphatic rings. The van der Waals surface area contributed by atoms with Crippen molar-refractivity contribution in [2.45, 2.75) is 32.5 Å². The molecule has 0 bridgehead atoms. The molecule has 1 aromatic carbocycles. The van der Waals surface area contributed by atoms with Gasteiger partial charge < -0.3 is 14.4 Å². The van der Waals surface area contributed by atoms with Gasteiger partial charge in [-0.2, -0.15) is 5.26 Å². The highest BCUT2D eigenvalue weighted by molar-refractivity contribution is 5.78. The summed E-state index contributed by atoms with van der Waals surface area (Å²) in [6, 6.07) is 9.33. The summed E-state index contributed by atoms with van der Waals surface area (Å²) in [6.45, 7) is 5.16. The Morgan fingerprint density at radius 2 is 1.95 bits per heavy atom. The number of amides is 1. The molecule has 112 valence electrons. The number of nitriles is 1. The molecule has 2 unspecified atom stereocenters. The zero-order chi connectivity index (χ0) is 15.2. The van der Waals surface area contributed by atoms with Crippen molar-refractivity contribution in [2.75, 3.05) is 19.7 Å². The molecule has 21 heavy (non-hydrogen) atoms. The number of nitrogens with zero attached hydrogens (tertiary/aromatic N) is 2. The summed E-state index contributed by atoms with van der Waals surface area (Å²) in [5, 5.41) is 8.61.